The van der Waals surface area contributed by atoms with Crippen molar-refractivity contribution in [2.75, 3.05) is 0 Å². The van der Waals surface area contributed by atoms with E-state index < -0.39 is 8.32 Å². The van der Waals surface area contributed by atoms with Gasteiger partial charge in [-0.25, -0.2) is 0 Å². The number of hydrogen-bond donors (Lipinski definition) is 0. The molecule has 17 heavy (non-hydrogen) atoms. The van der Waals surface area contributed by atoms with Gasteiger partial charge in [0.25, 0.3) is 0 Å². The van der Waals surface area contributed by atoms with E-state index in [2.05, 4.69) is 52.6 Å². The van der Waals surface area contributed by atoms with Crippen LogP contribution in [0, 0.1) is 11.3 Å². The topological polar surface area (TPSA) is 26.3 Å². The molecule has 0 aromatic rings. The van der Waals surface area contributed by atoms with Crippen molar-refractivity contribution in [2.24, 2.45) is 11.3 Å². The van der Waals surface area contributed by atoms with Gasteiger partial charge in [-0.15, -0.1) is 0 Å². The molecule has 0 aliphatic rings. The lowest BCUT2D eigenvalue weighted by Gasteiger charge is -2.40. The van der Waals surface area contributed by atoms with Crippen LogP contribution in [0.3, 0.4) is 0 Å². The van der Waals surface area contributed by atoms with E-state index in [1.807, 2.05) is 6.92 Å². The van der Waals surface area contributed by atoms with Crippen molar-refractivity contribution in [1.82, 2.24) is 0 Å². The maximum Gasteiger partial charge on any atom is 0.184 e. The van der Waals surface area contributed by atoms with Gasteiger partial charge in [-0.1, -0.05) is 32.9 Å². The molecule has 0 aromatic carbocycles. The lowest BCUT2D eigenvalue weighted by atomic mass is 9.74. The lowest BCUT2D eigenvalue weighted by molar-refractivity contribution is -0.111. The molecule has 0 unspecified atom stereocenters. The second-order valence-electron chi connectivity index (χ2n) is 6.26. The molecule has 0 saturated heterocycles. The van der Waals surface area contributed by atoms with Crippen LogP contribution in [0.5, 0.6) is 0 Å². The lowest BCUT2D eigenvalue weighted by Crippen LogP contribution is -2.43. The van der Waals surface area contributed by atoms with E-state index in [9.17, 15) is 4.79 Å². The maximum atomic E-state index is 10.8. The molecule has 0 aromatic heterocycles. The number of hydrogen-bond acceptors (Lipinski definition) is 2. The molecule has 0 rings (SSSR count). The predicted octanol–water partition coefficient (Wildman–Crippen LogP) is 4.03. The molecule has 0 bridgehead atoms. The van der Waals surface area contributed by atoms with Crippen molar-refractivity contribution in [3.8, 4) is 0 Å². The van der Waals surface area contributed by atoms with Crippen molar-refractivity contribution < 1.29 is 9.22 Å². The Morgan fingerprint density at radius 1 is 1.29 bits per heavy atom. The molecule has 0 amide bonds. The Kier molecular flexibility index (Phi) is 6.34. The van der Waals surface area contributed by atoms with Crippen LogP contribution in [0.1, 0.15) is 34.1 Å². The first kappa shape index (κ1) is 16.6. The molecule has 0 spiro atoms. The van der Waals surface area contributed by atoms with Crippen LogP contribution in [0.25, 0.3) is 0 Å². The number of aldehydes is 1. The van der Waals surface area contributed by atoms with Crippen LogP contribution in [0.2, 0.25) is 19.6 Å². The van der Waals surface area contributed by atoms with Gasteiger partial charge in [0.15, 0.2) is 8.32 Å². The average molecular weight is 256 g/mol. The van der Waals surface area contributed by atoms with Gasteiger partial charge in [0.1, 0.15) is 6.29 Å². The van der Waals surface area contributed by atoms with Gasteiger partial charge in [-0.05, 0) is 37.9 Å². The average Bonchev–Trinajstić information content (AvgIpc) is 2.15. The summed E-state index contributed by atoms with van der Waals surface area (Å²) in [6.45, 7) is 15.1. The molecule has 0 fully saturated rings. The third-order valence-corrected chi connectivity index (χ3v) is 4.28. The number of carbonyl (C=O) groups excluding carboxylic acids is 1. The minimum Gasteiger partial charge on any atom is -0.414 e. The van der Waals surface area contributed by atoms with Crippen LogP contribution >= 0.6 is 0 Å². The fourth-order valence-corrected chi connectivity index (χ4v) is 3.10. The van der Waals surface area contributed by atoms with Gasteiger partial charge < -0.3 is 9.22 Å². The molecule has 0 saturated carbocycles. The van der Waals surface area contributed by atoms with Crippen LogP contribution in [-0.2, 0) is 9.22 Å². The van der Waals surface area contributed by atoms with E-state index in [0.717, 1.165) is 6.29 Å². The first-order chi connectivity index (χ1) is 7.65. The zero-order chi connectivity index (χ0) is 13.7. The summed E-state index contributed by atoms with van der Waals surface area (Å²) in [4.78, 5) is 10.8. The first-order valence-electron chi connectivity index (χ1n) is 6.39. The van der Waals surface area contributed by atoms with Crippen molar-refractivity contribution >= 4 is 14.6 Å². The monoisotopic (exact) mass is 256 g/mol. The van der Waals surface area contributed by atoms with Gasteiger partial charge in [-0.2, -0.15) is 0 Å². The summed E-state index contributed by atoms with van der Waals surface area (Å²) < 4.78 is 6.18. The highest BCUT2D eigenvalue weighted by atomic mass is 28.4. The molecule has 0 N–H and O–H groups in total. The number of rotatable bonds is 7. The van der Waals surface area contributed by atoms with Gasteiger partial charge in [-0.3, -0.25) is 0 Å². The smallest absolute Gasteiger partial charge is 0.184 e. The standard InChI is InChI=1S/C14H28O2Si/c1-8-9-12(2)14(3,4)13(10-11-15)16-17(5,6)7/h8-9,11-13H,10H2,1-7H3/b9-8+/t12-,13-/m0/s1. The van der Waals surface area contributed by atoms with Crippen LogP contribution < -0.4 is 0 Å². The molecule has 0 radical (unpaired) electrons. The largest absolute Gasteiger partial charge is 0.414 e. The minimum absolute atomic E-state index is 0.0119. The molecular weight excluding hydrogens is 228 g/mol. The fraction of sp³-hybridized carbons (Fsp3) is 0.786. The van der Waals surface area contributed by atoms with Gasteiger partial charge in [0.2, 0.25) is 0 Å². The normalized spacial score (nSPS) is 17.1. The highest BCUT2D eigenvalue weighted by Gasteiger charge is 2.36. The Labute approximate surface area is 108 Å². The zero-order valence-electron chi connectivity index (χ0n) is 12.4. The summed E-state index contributed by atoms with van der Waals surface area (Å²) in [7, 11) is -1.62. The van der Waals surface area contributed by atoms with Gasteiger partial charge in [0.05, 0.1) is 6.10 Å². The fourth-order valence-electron chi connectivity index (χ4n) is 1.85. The Morgan fingerprint density at radius 2 is 1.82 bits per heavy atom. The van der Waals surface area contributed by atoms with Gasteiger partial charge in [0, 0.05) is 6.42 Å². The maximum absolute atomic E-state index is 10.8. The number of carbonyl (C=O) groups is 1. The molecule has 0 aliphatic heterocycles. The Bertz CT molecular complexity index is 264. The van der Waals surface area contributed by atoms with Gasteiger partial charge >= 0.3 is 0 Å². The van der Waals surface area contributed by atoms with Crippen LogP contribution in [-0.4, -0.2) is 20.7 Å². The third kappa shape index (κ3) is 5.64. The molecule has 0 aliphatic carbocycles. The summed E-state index contributed by atoms with van der Waals surface area (Å²) >= 11 is 0. The Balaban J connectivity index is 4.95. The quantitative estimate of drug-likeness (QED) is 0.390. The zero-order valence-corrected chi connectivity index (χ0v) is 13.4. The van der Waals surface area contributed by atoms with E-state index in [4.69, 9.17) is 4.43 Å². The predicted molar refractivity (Wildman–Crippen MR) is 76.7 cm³/mol. The van der Waals surface area contributed by atoms with E-state index >= 15 is 0 Å². The molecule has 0 heterocycles. The third-order valence-electron chi connectivity index (χ3n) is 3.29. The van der Waals surface area contributed by atoms with Crippen molar-refractivity contribution in [3.05, 3.63) is 12.2 Å². The SMILES string of the molecule is C/C=C/[C@H](C)C(C)(C)[C@H](CC=O)O[Si](C)(C)C. The van der Waals surface area contributed by atoms with E-state index in [1.54, 1.807) is 0 Å². The second kappa shape index (κ2) is 6.50. The molecule has 3 heteroatoms. The summed E-state index contributed by atoms with van der Waals surface area (Å²) in [5.41, 5.74) is -0.0201. The van der Waals surface area contributed by atoms with Crippen molar-refractivity contribution in [2.45, 2.75) is 59.9 Å². The minimum atomic E-state index is -1.62. The summed E-state index contributed by atoms with van der Waals surface area (Å²) in [6.07, 6.45) is 5.73. The molecule has 2 nitrogen and oxygen atoms in total. The second-order valence-corrected chi connectivity index (χ2v) is 10.7. The highest BCUT2D eigenvalue weighted by Crippen LogP contribution is 2.36. The van der Waals surface area contributed by atoms with E-state index in [-0.39, 0.29) is 11.5 Å². The summed E-state index contributed by atoms with van der Waals surface area (Å²) in [6, 6.07) is 0. The Hall–Kier alpha value is -0.413. The molecular formula is C14H28O2Si. The molecule has 2 atom stereocenters. The van der Waals surface area contributed by atoms with Crippen molar-refractivity contribution in [1.29, 1.82) is 0 Å². The van der Waals surface area contributed by atoms with E-state index in [0.29, 0.717) is 12.3 Å². The summed E-state index contributed by atoms with van der Waals surface area (Å²) in [5, 5.41) is 0. The van der Waals surface area contributed by atoms with E-state index in [1.165, 1.54) is 0 Å². The molecule has 100 valence electrons. The Morgan fingerprint density at radius 3 is 2.18 bits per heavy atom. The number of allylic oxidation sites excluding steroid dienone is 2. The van der Waals surface area contributed by atoms with Crippen LogP contribution in [0.4, 0.5) is 0 Å². The van der Waals surface area contributed by atoms with Crippen LogP contribution in [0.15, 0.2) is 12.2 Å². The van der Waals surface area contributed by atoms with Crippen molar-refractivity contribution in [3.63, 3.8) is 0 Å². The summed E-state index contributed by atoms with van der Waals surface area (Å²) in [5.74, 6) is 0.397. The first-order valence-corrected chi connectivity index (χ1v) is 9.80. The highest BCUT2D eigenvalue weighted by molar-refractivity contribution is 6.69.